The minimum Gasteiger partial charge on any atom is -0.377 e. The third kappa shape index (κ3) is 2.50. The first-order chi connectivity index (χ1) is 11.3. The first-order valence-electron chi connectivity index (χ1n) is 8.08. The van der Waals surface area contributed by atoms with Gasteiger partial charge in [0, 0.05) is 25.2 Å². The SMILES string of the molecule is CO[C@H]1[C@H]2CC[C@H]1OCCN2C(=O)c1cnc2ccccc2c1. The molecule has 1 aliphatic carbocycles. The lowest BCUT2D eigenvalue weighted by Crippen LogP contribution is -2.46. The van der Waals surface area contributed by atoms with Gasteiger partial charge in [-0.05, 0) is 25.0 Å². The zero-order chi connectivity index (χ0) is 15.8. The highest BCUT2D eigenvalue weighted by Crippen LogP contribution is 2.32. The number of rotatable bonds is 2. The Bertz CT molecular complexity index is 733. The van der Waals surface area contributed by atoms with Crippen LogP contribution in [0.4, 0.5) is 0 Å². The van der Waals surface area contributed by atoms with Gasteiger partial charge in [0.15, 0.2) is 0 Å². The Kier molecular flexibility index (Phi) is 3.75. The van der Waals surface area contributed by atoms with E-state index in [1.54, 1.807) is 13.3 Å². The molecule has 2 bridgehead atoms. The van der Waals surface area contributed by atoms with Crippen molar-refractivity contribution in [2.24, 2.45) is 0 Å². The fourth-order valence-corrected chi connectivity index (χ4v) is 3.81. The van der Waals surface area contributed by atoms with E-state index in [2.05, 4.69) is 4.98 Å². The number of ether oxygens (including phenoxy) is 2. The van der Waals surface area contributed by atoms with Crippen molar-refractivity contribution in [1.82, 2.24) is 9.88 Å². The van der Waals surface area contributed by atoms with E-state index in [9.17, 15) is 4.79 Å². The van der Waals surface area contributed by atoms with Gasteiger partial charge in [-0.1, -0.05) is 18.2 Å². The lowest BCUT2D eigenvalue weighted by atomic mass is 10.1. The second-order valence-corrected chi connectivity index (χ2v) is 6.17. The third-order valence-corrected chi connectivity index (χ3v) is 4.93. The van der Waals surface area contributed by atoms with Gasteiger partial charge in [0.25, 0.3) is 5.91 Å². The highest BCUT2D eigenvalue weighted by Gasteiger charge is 2.44. The Morgan fingerprint density at radius 2 is 2.22 bits per heavy atom. The summed E-state index contributed by atoms with van der Waals surface area (Å²) in [5.41, 5.74) is 1.53. The molecule has 1 aliphatic heterocycles. The van der Waals surface area contributed by atoms with Crippen LogP contribution in [0.5, 0.6) is 0 Å². The van der Waals surface area contributed by atoms with Crippen LogP contribution in [0.15, 0.2) is 36.5 Å². The van der Waals surface area contributed by atoms with Crippen molar-refractivity contribution < 1.29 is 14.3 Å². The number of pyridine rings is 1. The van der Waals surface area contributed by atoms with Gasteiger partial charge < -0.3 is 14.4 Å². The van der Waals surface area contributed by atoms with Crippen LogP contribution in [0.1, 0.15) is 23.2 Å². The van der Waals surface area contributed by atoms with Crippen molar-refractivity contribution in [1.29, 1.82) is 0 Å². The monoisotopic (exact) mass is 312 g/mol. The molecule has 2 fully saturated rings. The molecule has 1 amide bonds. The Morgan fingerprint density at radius 1 is 1.35 bits per heavy atom. The molecular weight excluding hydrogens is 292 g/mol. The van der Waals surface area contributed by atoms with Crippen molar-refractivity contribution in [2.45, 2.75) is 31.1 Å². The summed E-state index contributed by atoms with van der Waals surface area (Å²) in [4.78, 5) is 19.3. The van der Waals surface area contributed by atoms with Gasteiger partial charge in [0.1, 0.15) is 6.10 Å². The molecule has 1 aromatic heterocycles. The zero-order valence-corrected chi connectivity index (χ0v) is 13.1. The maximum absolute atomic E-state index is 13.0. The number of hydrogen-bond donors (Lipinski definition) is 0. The number of hydrogen-bond acceptors (Lipinski definition) is 4. The van der Waals surface area contributed by atoms with Crippen molar-refractivity contribution in [2.75, 3.05) is 20.3 Å². The van der Waals surface area contributed by atoms with E-state index >= 15 is 0 Å². The second kappa shape index (κ2) is 5.91. The summed E-state index contributed by atoms with van der Waals surface area (Å²) in [5, 5.41) is 0.983. The number of carbonyl (C=O) groups excluding carboxylic acids is 1. The number of aromatic nitrogens is 1. The van der Waals surface area contributed by atoms with E-state index in [0.717, 1.165) is 23.7 Å². The van der Waals surface area contributed by atoms with Crippen molar-refractivity contribution in [3.05, 3.63) is 42.1 Å². The first kappa shape index (κ1) is 14.6. The molecule has 2 aromatic rings. The Morgan fingerprint density at radius 3 is 3.09 bits per heavy atom. The van der Waals surface area contributed by atoms with Crippen molar-refractivity contribution in [3.63, 3.8) is 0 Å². The molecule has 1 saturated heterocycles. The third-order valence-electron chi connectivity index (χ3n) is 4.93. The lowest BCUT2D eigenvalue weighted by Gasteiger charge is -2.30. The van der Waals surface area contributed by atoms with E-state index < -0.39 is 0 Å². The van der Waals surface area contributed by atoms with Gasteiger partial charge in [-0.2, -0.15) is 0 Å². The quantitative estimate of drug-likeness (QED) is 0.853. The molecule has 1 aromatic carbocycles. The van der Waals surface area contributed by atoms with Gasteiger partial charge in [-0.3, -0.25) is 9.78 Å². The average molecular weight is 312 g/mol. The van der Waals surface area contributed by atoms with Gasteiger partial charge in [-0.25, -0.2) is 0 Å². The normalized spacial score (nSPS) is 27.2. The Labute approximate surface area is 135 Å². The maximum Gasteiger partial charge on any atom is 0.255 e. The van der Waals surface area contributed by atoms with Gasteiger partial charge in [0.2, 0.25) is 0 Å². The Hall–Kier alpha value is -1.98. The summed E-state index contributed by atoms with van der Waals surface area (Å²) in [6.45, 7) is 1.17. The predicted octanol–water partition coefficient (Wildman–Crippen LogP) is 2.25. The first-order valence-corrected chi connectivity index (χ1v) is 8.08. The summed E-state index contributed by atoms with van der Waals surface area (Å²) in [6, 6.07) is 9.85. The van der Waals surface area contributed by atoms with Crippen molar-refractivity contribution >= 4 is 16.8 Å². The standard InChI is InChI=1S/C18H20N2O3/c1-22-17-15-6-7-16(17)23-9-8-20(15)18(21)13-10-12-4-2-3-5-14(12)19-11-13/h2-5,10-11,15-17H,6-9H2,1H3/t15-,16-,17+/m1/s1. The minimum absolute atomic E-state index is 0.0152. The molecule has 2 heterocycles. The summed E-state index contributed by atoms with van der Waals surface area (Å²) in [6.07, 6.45) is 3.62. The molecule has 0 N–H and O–H groups in total. The molecule has 1 saturated carbocycles. The number of carbonyl (C=O) groups is 1. The molecule has 23 heavy (non-hydrogen) atoms. The number of fused-ring (bicyclic) bond motifs is 3. The summed E-state index contributed by atoms with van der Waals surface area (Å²) in [7, 11) is 1.70. The van der Waals surface area contributed by atoms with Crippen molar-refractivity contribution in [3.8, 4) is 0 Å². The van der Waals surface area contributed by atoms with Crippen LogP contribution in [-0.2, 0) is 9.47 Å². The number of para-hydroxylation sites is 1. The van der Waals surface area contributed by atoms with Crippen LogP contribution in [0.3, 0.4) is 0 Å². The summed E-state index contributed by atoms with van der Waals surface area (Å²) < 4.78 is 11.5. The van der Waals surface area contributed by atoms with Gasteiger partial charge >= 0.3 is 0 Å². The van der Waals surface area contributed by atoms with E-state index in [1.807, 2.05) is 35.2 Å². The minimum atomic E-state index is -0.0325. The number of amides is 1. The highest BCUT2D eigenvalue weighted by molar-refractivity contribution is 5.97. The number of benzene rings is 1. The fraction of sp³-hybridized carbons (Fsp3) is 0.444. The van der Waals surface area contributed by atoms with Gasteiger partial charge in [0.05, 0.1) is 29.8 Å². The lowest BCUT2D eigenvalue weighted by molar-refractivity contribution is -0.0316. The molecule has 0 radical (unpaired) electrons. The number of nitrogens with zero attached hydrogens (tertiary/aromatic N) is 2. The Balaban J connectivity index is 1.66. The molecule has 0 unspecified atom stereocenters. The van der Waals surface area contributed by atoms with E-state index in [0.29, 0.717) is 18.7 Å². The van der Waals surface area contributed by atoms with Gasteiger partial charge in [-0.15, -0.1) is 0 Å². The van der Waals surface area contributed by atoms with Crippen LogP contribution < -0.4 is 0 Å². The zero-order valence-electron chi connectivity index (χ0n) is 13.1. The van der Waals surface area contributed by atoms with E-state index in [1.165, 1.54) is 0 Å². The molecule has 2 aliphatic rings. The summed E-state index contributed by atoms with van der Waals surface area (Å²) in [5.74, 6) is 0.0152. The van der Waals surface area contributed by atoms with E-state index in [4.69, 9.17) is 9.47 Å². The molecule has 3 atom stereocenters. The summed E-state index contributed by atoms with van der Waals surface area (Å²) >= 11 is 0. The average Bonchev–Trinajstić information content (AvgIpc) is 2.89. The topological polar surface area (TPSA) is 51.7 Å². The smallest absolute Gasteiger partial charge is 0.255 e. The molecule has 4 rings (SSSR count). The molecule has 0 spiro atoms. The highest BCUT2D eigenvalue weighted by atomic mass is 16.5. The van der Waals surface area contributed by atoms with Crippen LogP contribution in [-0.4, -0.2) is 54.3 Å². The van der Waals surface area contributed by atoms with E-state index in [-0.39, 0.29) is 24.2 Å². The van der Waals surface area contributed by atoms with Crippen LogP contribution >= 0.6 is 0 Å². The van der Waals surface area contributed by atoms with Crippen LogP contribution in [0, 0.1) is 0 Å². The maximum atomic E-state index is 13.0. The number of methoxy groups -OCH3 is 1. The van der Waals surface area contributed by atoms with Crippen LogP contribution in [0.25, 0.3) is 10.9 Å². The molecular formula is C18H20N2O3. The predicted molar refractivity (Wildman–Crippen MR) is 86.3 cm³/mol. The molecule has 5 nitrogen and oxygen atoms in total. The largest absolute Gasteiger partial charge is 0.377 e. The molecule has 120 valence electrons. The van der Waals surface area contributed by atoms with Crippen LogP contribution in [0.2, 0.25) is 0 Å². The second-order valence-electron chi connectivity index (χ2n) is 6.17. The fourth-order valence-electron chi connectivity index (χ4n) is 3.81. The molecule has 5 heteroatoms.